The van der Waals surface area contributed by atoms with E-state index in [9.17, 15) is 18.0 Å². The Morgan fingerprint density at radius 1 is 1.02 bits per heavy atom. The second-order valence-electron chi connectivity index (χ2n) is 13.9. The van der Waals surface area contributed by atoms with Crippen molar-refractivity contribution >= 4 is 28.0 Å². The van der Waals surface area contributed by atoms with Crippen LogP contribution in [0.3, 0.4) is 0 Å². The van der Waals surface area contributed by atoms with Crippen molar-refractivity contribution in [2.45, 2.75) is 76.6 Å². The van der Waals surface area contributed by atoms with Gasteiger partial charge in [0.2, 0.25) is 17.7 Å². The second-order valence-corrected chi connectivity index (χ2v) is 13.9. The van der Waals surface area contributed by atoms with Crippen molar-refractivity contribution in [2.75, 3.05) is 27.3 Å². The number of nitrogens with zero attached hydrogens (tertiary/aromatic N) is 4. The molecular weight excluding hydrogens is 660 g/mol. The zero-order chi connectivity index (χ0) is 36.0. The highest BCUT2D eigenvalue weighted by Crippen LogP contribution is 2.43. The SMILES string of the molecule is CN(C)C(=O)/C=C/CCC1(COc2ccc(/C(=C(/CC(F)(F)F)c3ccccc3)c3ccc4c(c3)c(F)nn4C3CCCCO3)cn2)CCCC1. The zero-order valence-electron chi connectivity index (χ0n) is 29.1. The fourth-order valence-electron chi connectivity index (χ4n) is 7.24. The number of amides is 1. The molecule has 0 bridgehead atoms. The number of hydrogen-bond acceptors (Lipinski definition) is 5. The van der Waals surface area contributed by atoms with Crippen molar-refractivity contribution in [2.24, 2.45) is 5.41 Å². The van der Waals surface area contributed by atoms with Crippen molar-refractivity contribution in [3.8, 4) is 5.88 Å². The monoisotopic (exact) mass is 704 g/mol. The van der Waals surface area contributed by atoms with Crippen LogP contribution in [-0.4, -0.2) is 59.1 Å². The molecule has 2 aromatic carbocycles. The summed E-state index contributed by atoms with van der Waals surface area (Å²) in [6, 6.07) is 16.8. The summed E-state index contributed by atoms with van der Waals surface area (Å²) in [5, 5.41) is 4.34. The fraction of sp³-hybridized carbons (Fsp3) is 0.425. The van der Waals surface area contributed by atoms with E-state index in [2.05, 4.69) is 10.1 Å². The minimum absolute atomic E-state index is 0.0449. The Morgan fingerprint density at radius 3 is 2.45 bits per heavy atom. The maximum Gasteiger partial charge on any atom is 0.393 e. The molecule has 2 aliphatic rings. The number of carbonyl (C=O) groups excluding carboxylic acids is 1. The summed E-state index contributed by atoms with van der Waals surface area (Å²) < 4.78 is 71.8. The van der Waals surface area contributed by atoms with E-state index in [0.29, 0.717) is 53.3 Å². The summed E-state index contributed by atoms with van der Waals surface area (Å²) in [4.78, 5) is 18.0. The minimum Gasteiger partial charge on any atom is -0.477 e. The van der Waals surface area contributed by atoms with Crippen molar-refractivity contribution in [3.63, 3.8) is 0 Å². The molecule has 4 aromatic rings. The first-order valence-corrected chi connectivity index (χ1v) is 17.6. The van der Waals surface area contributed by atoms with Gasteiger partial charge >= 0.3 is 6.18 Å². The predicted molar refractivity (Wildman–Crippen MR) is 189 cm³/mol. The summed E-state index contributed by atoms with van der Waals surface area (Å²) >= 11 is 0. The number of pyridine rings is 1. The number of hydrogen-bond donors (Lipinski definition) is 0. The molecule has 1 atom stereocenters. The van der Waals surface area contributed by atoms with Crippen LogP contribution in [0.5, 0.6) is 5.88 Å². The number of ether oxygens (including phenoxy) is 2. The van der Waals surface area contributed by atoms with Crippen molar-refractivity contribution in [1.82, 2.24) is 19.7 Å². The van der Waals surface area contributed by atoms with E-state index in [4.69, 9.17) is 9.47 Å². The lowest BCUT2D eigenvalue weighted by molar-refractivity contribution is -0.124. The summed E-state index contributed by atoms with van der Waals surface area (Å²) in [5.41, 5.74) is 2.08. The van der Waals surface area contributed by atoms with Crippen LogP contribution in [0.25, 0.3) is 22.0 Å². The lowest BCUT2D eigenvalue weighted by Crippen LogP contribution is -2.25. The third-order valence-corrected chi connectivity index (χ3v) is 9.94. The summed E-state index contributed by atoms with van der Waals surface area (Å²) in [6.07, 6.45) is 7.31. The molecule has 1 aliphatic carbocycles. The van der Waals surface area contributed by atoms with Crippen LogP contribution in [0, 0.1) is 11.4 Å². The van der Waals surface area contributed by atoms with Gasteiger partial charge in [0.15, 0.2) is 6.23 Å². The van der Waals surface area contributed by atoms with E-state index in [1.807, 2.05) is 6.08 Å². The Hall–Kier alpha value is -4.51. The number of fused-ring (bicyclic) bond motifs is 1. The number of alkyl halides is 3. The highest BCUT2D eigenvalue weighted by molar-refractivity contribution is 6.00. The van der Waals surface area contributed by atoms with E-state index < -0.39 is 24.8 Å². The smallest absolute Gasteiger partial charge is 0.393 e. The van der Waals surface area contributed by atoms with Gasteiger partial charge in [0.1, 0.15) is 0 Å². The number of halogens is 4. The van der Waals surface area contributed by atoms with Gasteiger partial charge in [0, 0.05) is 43.9 Å². The van der Waals surface area contributed by atoms with Gasteiger partial charge < -0.3 is 14.4 Å². The van der Waals surface area contributed by atoms with Crippen LogP contribution in [0.15, 0.2) is 79.0 Å². The summed E-state index contributed by atoms with van der Waals surface area (Å²) in [6.45, 7) is 1.01. The van der Waals surface area contributed by atoms with Gasteiger partial charge in [-0.3, -0.25) is 4.79 Å². The first-order valence-electron chi connectivity index (χ1n) is 17.6. The summed E-state index contributed by atoms with van der Waals surface area (Å²) in [7, 11) is 3.44. The first kappa shape index (κ1) is 36.3. The lowest BCUT2D eigenvalue weighted by Gasteiger charge is -2.28. The molecule has 2 aromatic heterocycles. The van der Waals surface area contributed by atoms with Gasteiger partial charge in [-0.25, -0.2) is 9.67 Å². The van der Waals surface area contributed by atoms with Crippen molar-refractivity contribution < 1.29 is 31.8 Å². The van der Waals surface area contributed by atoms with Crippen LogP contribution in [0.1, 0.15) is 87.1 Å². The highest BCUT2D eigenvalue weighted by atomic mass is 19.4. The summed E-state index contributed by atoms with van der Waals surface area (Å²) in [5.74, 6) is -0.390. The molecule has 0 spiro atoms. The third kappa shape index (κ3) is 8.87. The molecule has 0 radical (unpaired) electrons. The standard InChI is InChI=1S/C40H44F4N4O3/c1-47(2)35(49)14-6-8-20-39(21-9-10-22-39)27-51-34-19-17-30(26-45-34)37(32(25-40(42,43)44)28-12-4-3-5-13-28)29-16-18-33-31(24-29)38(41)46-48(33)36-15-7-11-23-50-36/h3-6,12-14,16-19,24,26,36H,7-11,15,20-23,25,27H2,1-2H3/b14-6+,37-32-. The molecule has 1 aliphatic heterocycles. The molecule has 2 fully saturated rings. The van der Waals surface area contributed by atoms with Crippen molar-refractivity contribution in [1.29, 1.82) is 0 Å². The molecule has 1 saturated heterocycles. The topological polar surface area (TPSA) is 69.5 Å². The predicted octanol–water partition coefficient (Wildman–Crippen LogP) is 9.54. The normalized spacial score (nSPS) is 18.3. The molecule has 51 heavy (non-hydrogen) atoms. The Kier molecular flexibility index (Phi) is 11.2. The first-order chi connectivity index (χ1) is 24.5. The molecule has 7 nitrogen and oxygen atoms in total. The number of rotatable bonds is 12. The molecule has 3 heterocycles. The maximum atomic E-state index is 15.4. The Labute approximate surface area is 296 Å². The maximum absolute atomic E-state index is 15.4. The van der Waals surface area contributed by atoms with Crippen molar-refractivity contribution in [3.05, 3.63) is 102 Å². The molecule has 11 heteroatoms. The van der Waals surface area contributed by atoms with Crippen LogP contribution in [-0.2, 0) is 9.53 Å². The average Bonchev–Trinajstić information content (AvgIpc) is 3.74. The zero-order valence-corrected chi connectivity index (χ0v) is 29.1. The van der Waals surface area contributed by atoms with E-state index in [1.165, 1.54) is 15.8 Å². The van der Waals surface area contributed by atoms with E-state index in [-0.39, 0.29) is 22.3 Å². The van der Waals surface area contributed by atoms with Crippen LogP contribution in [0.4, 0.5) is 17.6 Å². The molecule has 1 saturated carbocycles. The molecular formula is C40H44F4N4O3. The van der Waals surface area contributed by atoms with E-state index >= 15 is 4.39 Å². The van der Waals surface area contributed by atoms with Gasteiger partial charge in [-0.2, -0.15) is 17.6 Å². The Morgan fingerprint density at radius 2 is 1.78 bits per heavy atom. The Bertz CT molecular complexity index is 1850. The van der Waals surface area contributed by atoms with Gasteiger partial charge in [-0.05, 0) is 91.5 Å². The quantitative estimate of drug-likeness (QED) is 0.0835. The van der Waals surface area contributed by atoms with Crippen LogP contribution < -0.4 is 4.74 Å². The second kappa shape index (κ2) is 15.8. The molecule has 1 unspecified atom stereocenters. The van der Waals surface area contributed by atoms with E-state index in [0.717, 1.165) is 51.4 Å². The van der Waals surface area contributed by atoms with Crippen LogP contribution >= 0.6 is 0 Å². The number of aromatic nitrogens is 3. The number of benzene rings is 2. The van der Waals surface area contributed by atoms with E-state index in [1.54, 1.807) is 80.8 Å². The molecule has 1 amide bonds. The minimum atomic E-state index is -4.52. The molecule has 270 valence electrons. The Balaban J connectivity index is 1.33. The number of carbonyl (C=O) groups is 1. The van der Waals surface area contributed by atoms with Gasteiger partial charge in [0.05, 0.1) is 23.9 Å². The number of allylic oxidation sites excluding steroid dienone is 2. The number of likely N-dealkylation sites (N-methyl/N-ethyl adjacent to an activating group) is 1. The van der Waals surface area contributed by atoms with Gasteiger partial charge in [-0.1, -0.05) is 55.3 Å². The largest absolute Gasteiger partial charge is 0.477 e. The fourth-order valence-corrected chi connectivity index (χ4v) is 7.24. The molecule has 6 rings (SSSR count). The molecule has 0 N–H and O–H groups in total. The average molecular weight is 705 g/mol. The third-order valence-electron chi connectivity index (χ3n) is 9.94. The lowest BCUT2D eigenvalue weighted by atomic mass is 9.82. The van der Waals surface area contributed by atoms with Crippen LogP contribution in [0.2, 0.25) is 0 Å². The highest BCUT2D eigenvalue weighted by Gasteiger charge is 2.35. The van der Waals surface area contributed by atoms with Gasteiger partial charge in [0.25, 0.3) is 0 Å². The van der Waals surface area contributed by atoms with Gasteiger partial charge in [-0.15, -0.1) is 5.10 Å².